The molecule has 1 atom stereocenters. The van der Waals surface area contributed by atoms with Crippen LogP contribution in [0.3, 0.4) is 0 Å². The van der Waals surface area contributed by atoms with Gasteiger partial charge in [-0.3, -0.25) is 10.1 Å². The SMILES string of the molecule is CCC(O)C(=O)NC#N. The predicted molar refractivity (Wildman–Crippen MR) is 30.1 cm³/mol. The number of nitrogens with one attached hydrogen (secondary N) is 1. The molecule has 1 amide bonds. The Balaban J connectivity index is 3.62. The lowest BCUT2D eigenvalue weighted by molar-refractivity contribution is -0.128. The minimum Gasteiger partial charge on any atom is -0.383 e. The van der Waals surface area contributed by atoms with Gasteiger partial charge < -0.3 is 5.11 Å². The molecule has 0 saturated carbocycles. The summed E-state index contributed by atoms with van der Waals surface area (Å²) in [6.45, 7) is 1.65. The van der Waals surface area contributed by atoms with Gasteiger partial charge in [-0.05, 0) is 6.42 Å². The minimum absolute atomic E-state index is 0.327. The van der Waals surface area contributed by atoms with Crippen LogP contribution >= 0.6 is 0 Å². The van der Waals surface area contributed by atoms with Gasteiger partial charge in [-0.25, -0.2) is 0 Å². The van der Waals surface area contributed by atoms with E-state index in [9.17, 15) is 4.79 Å². The van der Waals surface area contributed by atoms with E-state index >= 15 is 0 Å². The highest BCUT2D eigenvalue weighted by atomic mass is 16.3. The normalized spacial score (nSPS) is 11.7. The zero-order chi connectivity index (χ0) is 7.28. The molecule has 0 spiro atoms. The van der Waals surface area contributed by atoms with Crippen molar-refractivity contribution in [2.75, 3.05) is 0 Å². The van der Waals surface area contributed by atoms with Gasteiger partial charge in [0, 0.05) is 0 Å². The molecule has 0 bridgehead atoms. The summed E-state index contributed by atoms with van der Waals surface area (Å²) in [6.07, 6.45) is 0.699. The fraction of sp³-hybridized carbons (Fsp3) is 0.600. The number of nitrogens with zero attached hydrogens (tertiary/aromatic N) is 1. The molecule has 0 saturated heterocycles. The average molecular weight is 128 g/mol. The molecule has 0 radical (unpaired) electrons. The van der Waals surface area contributed by atoms with Gasteiger partial charge in [0.25, 0.3) is 5.91 Å². The molecule has 0 heterocycles. The molecule has 0 aromatic carbocycles. The Labute approximate surface area is 53.1 Å². The Morgan fingerprint density at radius 2 is 2.56 bits per heavy atom. The predicted octanol–water partition coefficient (Wildman–Crippen LogP) is -0.645. The molecule has 0 rings (SSSR count). The van der Waals surface area contributed by atoms with Crippen LogP contribution in [0.1, 0.15) is 13.3 Å². The zero-order valence-electron chi connectivity index (χ0n) is 5.09. The lowest BCUT2D eigenvalue weighted by Crippen LogP contribution is -2.30. The van der Waals surface area contributed by atoms with E-state index in [0.717, 1.165) is 0 Å². The van der Waals surface area contributed by atoms with Crippen molar-refractivity contribution < 1.29 is 9.90 Å². The third-order valence-corrected chi connectivity index (χ3v) is 0.868. The maximum atomic E-state index is 10.4. The fourth-order valence-corrected chi connectivity index (χ4v) is 0.324. The number of hydrogen-bond acceptors (Lipinski definition) is 3. The second kappa shape index (κ2) is 3.87. The van der Waals surface area contributed by atoms with Crippen molar-refractivity contribution in [1.82, 2.24) is 5.32 Å². The highest BCUT2D eigenvalue weighted by molar-refractivity contribution is 5.81. The second-order valence-electron chi connectivity index (χ2n) is 1.53. The standard InChI is InChI=1S/C5H8N2O2/c1-2-4(8)5(9)7-3-6/h4,8H,2H2,1H3,(H,7,9). The van der Waals surface area contributed by atoms with Crippen LogP contribution in [-0.4, -0.2) is 17.1 Å². The van der Waals surface area contributed by atoms with Crippen molar-refractivity contribution in [2.45, 2.75) is 19.4 Å². The molecule has 4 heteroatoms. The molecule has 0 aliphatic heterocycles. The summed E-state index contributed by atoms with van der Waals surface area (Å²) in [5.74, 6) is -0.639. The Bertz CT molecular complexity index is 138. The van der Waals surface area contributed by atoms with E-state index in [0.29, 0.717) is 6.42 Å². The Hall–Kier alpha value is -1.08. The first kappa shape index (κ1) is 7.92. The van der Waals surface area contributed by atoms with Crippen LogP contribution in [0.15, 0.2) is 0 Å². The summed E-state index contributed by atoms with van der Waals surface area (Å²) in [6, 6.07) is 0. The van der Waals surface area contributed by atoms with Crippen LogP contribution in [0.4, 0.5) is 0 Å². The molecule has 2 N–H and O–H groups in total. The topological polar surface area (TPSA) is 73.1 Å². The number of hydrogen-bond donors (Lipinski definition) is 2. The van der Waals surface area contributed by atoms with Gasteiger partial charge in [-0.1, -0.05) is 6.92 Å². The molecule has 0 aromatic rings. The lowest BCUT2D eigenvalue weighted by Gasteiger charge is -2.01. The van der Waals surface area contributed by atoms with E-state index in [1.807, 2.05) is 5.32 Å². The van der Waals surface area contributed by atoms with Crippen LogP contribution in [0.25, 0.3) is 0 Å². The van der Waals surface area contributed by atoms with E-state index in [2.05, 4.69) is 0 Å². The first-order valence-electron chi connectivity index (χ1n) is 2.59. The number of aliphatic hydroxyl groups excluding tert-OH is 1. The minimum atomic E-state index is -1.05. The molecule has 4 nitrogen and oxygen atoms in total. The van der Waals surface area contributed by atoms with Crippen molar-refractivity contribution in [1.29, 1.82) is 5.26 Å². The van der Waals surface area contributed by atoms with Crippen LogP contribution < -0.4 is 5.32 Å². The largest absolute Gasteiger partial charge is 0.383 e. The van der Waals surface area contributed by atoms with Gasteiger partial charge in [0.05, 0.1) is 0 Å². The van der Waals surface area contributed by atoms with Gasteiger partial charge in [-0.2, -0.15) is 5.26 Å². The van der Waals surface area contributed by atoms with Crippen LogP contribution in [0, 0.1) is 11.5 Å². The monoisotopic (exact) mass is 128 g/mol. The van der Waals surface area contributed by atoms with E-state index in [-0.39, 0.29) is 0 Å². The Morgan fingerprint density at radius 1 is 2.00 bits per heavy atom. The van der Waals surface area contributed by atoms with Crippen molar-refractivity contribution in [3.63, 3.8) is 0 Å². The van der Waals surface area contributed by atoms with E-state index in [1.165, 1.54) is 6.19 Å². The maximum Gasteiger partial charge on any atom is 0.261 e. The second-order valence-corrected chi connectivity index (χ2v) is 1.53. The molecule has 0 aliphatic carbocycles. The molecular weight excluding hydrogens is 120 g/mol. The van der Waals surface area contributed by atoms with E-state index < -0.39 is 12.0 Å². The van der Waals surface area contributed by atoms with Gasteiger partial charge in [0.15, 0.2) is 6.19 Å². The summed E-state index contributed by atoms with van der Waals surface area (Å²) < 4.78 is 0. The Morgan fingerprint density at radius 3 is 2.89 bits per heavy atom. The molecule has 0 aromatic heterocycles. The van der Waals surface area contributed by atoms with Gasteiger partial charge >= 0.3 is 0 Å². The number of carbonyl (C=O) groups excluding carboxylic acids is 1. The van der Waals surface area contributed by atoms with Crippen molar-refractivity contribution >= 4 is 5.91 Å². The fourth-order valence-electron chi connectivity index (χ4n) is 0.324. The molecule has 9 heavy (non-hydrogen) atoms. The third-order valence-electron chi connectivity index (χ3n) is 0.868. The summed E-state index contributed by atoms with van der Waals surface area (Å²) in [5.41, 5.74) is 0. The van der Waals surface area contributed by atoms with E-state index in [4.69, 9.17) is 10.4 Å². The smallest absolute Gasteiger partial charge is 0.261 e. The first-order chi connectivity index (χ1) is 4.22. The molecule has 1 unspecified atom stereocenters. The third kappa shape index (κ3) is 2.67. The van der Waals surface area contributed by atoms with Crippen molar-refractivity contribution in [3.8, 4) is 6.19 Å². The lowest BCUT2D eigenvalue weighted by atomic mass is 10.3. The zero-order valence-corrected chi connectivity index (χ0v) is 5.09. The van der Waals surface area contributed by atoms with Crippen molar-refractivity contribution in [3.05, 3.63) is 0 Å². The van der Waals surface area contributed by atoms with E-state index in [1.54, 1.807) is 6.92 Å². The molecule has 0 aliphatic rings. The van der Waals surface area contributed by atoms with Crippen LogP contribution in [-0.2, 0) is 4.79 Å². The summed E-state index contributed by atoms with van der Waals surface area (Å²) in [7, 11) is 0. The van der Waals surface area contributed by atoms with Crippen LogP contribution in [0.2, 0.25) is 0 Å². The maximum absolute atomic E-state index is 10.4. The average Bonchev–Trinajstić information content (AvgIpc) is 1.87. The van der Waals surface area contributed by atoms with Crippen LogP contribution in [0.5, 0.6) is 0 Å². The quantitative estimate of drug-likeness (QED) is 0.383. The highest BCUT2D eigenvalue weighted by Crippen LogP contribution is 1.87. The number of nitriles is 1. The highest BCUT2D eigenvalue weighted by Gasteiger charge is 2.09. The molecule has 0 fully saturated rings. The first-order valence-corrected chi connectivity index (χ1v) is 2.59. The molecular formula is C5H8N2O2. The molecule has 50 valence electrons. The van der Waals surface area contributed by atoms with Gasteiger partial charge in [0.2, 0.25) is 0 Å². The van der Waals surface area contributed by atoms with Gasteiger partial charge in [-0.15, -0.1) is 0 Å². The number of rotatable bonds is 2. The van der Waals surface area contributed by atoms with Gasteiger partial charge in [0.1, 0.15) is 6.10 Å². The summed E-state index contributed by atoms with van der Waals surface area (Å²) in [4.78, 5) is 10.4. The number of carbonyl (C=O) groups is 1. The Kier molecular flexibility index (Phi) is 3.40. The summed E-state index contributed by atoms with van der Waals surface area (Å²) >= 11 is 0. The number of aliphatic hydroxyl groups is 1. The number of amides is 1. The summed E-state index contributed by atoms with van der Waals surface area (Å²) in [5, 5.41) is 18.4. The van der Waals surface area contributed by atoms with Crippen molar-refractivity contribution in [2.24, 2.45) is 0 Å².